The number of thioether (sulfide) groups is 1. The first-order chi connectivity index (χ1) is 20.9. The molecule has 7 nitrogen and oxygen atoms in total. The molecule has 0 spiro atoms. The zero-order valence-corrected chi connectivity index (χ0v) is 24.5. The Balaban J connectivity index is 1.08. The molecule has 0 radical (unpaired) electrons. The van der Waals surface area contributed by atoms with Crippen LogP contribution in [0.15, 0.2) is 113 Å². The predicted octanol–water partition coefficient (Wildman–Crippen LogP) is 8.19. The zero-order valence-electron chi connectivity index (χ0n) is 22.9. The fourth-order valence-electron chi connectivity index (χ4n) is 4.80. The summed E-state index contributed by atoms with van der Waals surface area (Å²) in [5, 5.41) is 20.8. The van der Waals surface area contributed by atoms with Crippen molar-refractivity contribution in [2.45, 2.75) is 17.1 Å². The third-order valence-electron chi connectivity index (χ3n) is 6.95. The Kier molecular flexibility index (Phi) is 7.91. The molecule has 1 atom stereocenters. The van der Waals surface area contributed by atoms with Crippen LogP contribution in [0, 0.1) is 0 Å². The van der Waals surface area contributed by atoms with Crippen LogP contribution in [0.25, 0.3) is 32.8 Å². The highest BCUT2D eigenvalue weighted by molar-refractivity contribution is 8.00. The van der Waals surface area contributed by atoms with Crippen LogP contribution in [0.5, 0.6) is 0 Å². The van der Waals surface area contributed by atoms with Crippen LogP contribution in [0.4, 0.5) is 10.8 Å². The summed E-state index contributed by atoms with van der Waals surface area (Å²) in [6.07, 6.45) is 0. The van der Waals surface area contributed by atoms with Gasteiger partial charge in [-0.25, -0.2) is 9.78 Å². The molecule has 6 aromatic rings. The maximum Gasteiger partial charge on any atom is 0.336 e. The lowest BCUT2D eigenvalue weighted by Gasteiger charge is -2.12. The SMILES string of the molecule is CC(Sc1ccc(NC(=O)c2cccc3cccc(C(=O)O)c23)cc1)C(=O)Nc1nc(-c2ccc3ccccc3c2)cs1. The minimum Gasteiger partial charge on any atom is -0.478 e. The van der Waals surface area contributed by atoms with Gasteiger partial charge in [-0.1, -0.05) is 60.7 Å². The molecule has 2 amide bonds. The van der Waals surface area contributed by atoms with Crippen LogP contribution < -0.4 is 10.6 Å². The average molecular weight is 604 g/mol. The van der Waals surface area contributed by atoms with Crippen molar-refractivity contribution in [1.29, 1.82) is 0 Å². The molecule has 5 aromatic carbocycles. The van der Waals surface area contributed by atoms with Crippen LogP contribution in [-0.4, -0.2) is 33.1 Å². The topological polar surface area (TPSA) is 108 Å². The molecular weight excluding hydrogens is 579 g/mol. The number of thiazole rings is 1. The molecule has 9 heteroatoms. The van der Waals surface area contributed by atoms with Gasteiger partial charge in [-0.15, -0.1) is 23.1 Å². The highest BCUT2D eigenvalue weighted by atomic mass is 32.2. The quantitative estimate of drug-likeness (QED) is 0.151. The first kappa shape index (κ1) is 28.1. The molecule has 212 valence electrons. The summed E-state index contributed by atoms with van der Waals surface area (Å²) in [6, 6.07) is 31.6. The second-order valence-corrected chi connectivity index (χ2v) is 12.1. The number of aromatic nitrogens is 1. The number of hydrogen-bond donors (Lipinski definition) is 3. The van der Waals surface area contributed by atoms with E-state index >= 15 is 0 Å². The Morgan fingerprint density at radius 3 is 2.23 bits per heavy atom. The lowest BCUT2D eigenvalue weighted by atomic mass is 9.98. The molecule has 43 heavy (non-hydrogen) atoms. The van der Waals surface area contributed by atoms with Gasteiger partial charge in [0.25, 0.3) is 5.91 Å². The molecule has 1 heterocycles. The van der Waals surface area contributed by atoms with E-state index in [9.17, 15) is 19.5 Å². The van der Waals surface area contributed by atoms with Gasteiger partial charge in [-0.2, -0.15) is 0 Å². The van der Waals surface area contributed by atoms with Gasteiger partial charge in [0.2, 0.25) is 5.91 Å². The smallest absolute Gasteiger partial charge is 0.336 e. The Morgan fingerprint density at radius 2 is 1.49 bits per heavy atom. The predicted molar refractivity (Wildman–Crippen MR) is 174 cm³/mol. The number of carboxylic acid groups (broad SMARTS) is 1. The maximum atomic E-state index is 13.1. The van der Waals surface area contributed by atoms with Crippen LogP contribution in [-0.2, 0) is 4.79 Å². The standard InChI is InChI=1S/C34H25N3O4S2/c1-20(31(38)37-34-36-29(19-42-34)24-13-12-21-6-2-3-7-23(21)18-24)43-26-16-14-25(15-17-26)35-32(39)27-10-4-8-22-9-5-11-28(30(22)27)33(40)41/h2-20H,1H3,(H,35,39)(H,40,41)(H,36,37,38). The number of benzene rings is 5. The van der Waals surface area contributed by atoms with Gasteiger partial charge in [0.15, 0.2) is 5.13 Å². The van der Waals surface area contributed by atoms with Crippen molar-refractivity contribution >= 4 is 73.2 Å². The van der Waals surface area contributed by atoms with Crippen molar-refractivity contribution < 1.29 is 19.5 Å². The van der Waals surface area contributed by atoms with Crippen molar-refractivity contribution in [2.24, 2.45) is 0 Å². The number of hydrogen-bond acceptors (Lipinski definition) is 6. The van der Waals surface area contributed by atoms with Crippen molar-refractivity contribution in [1.82, 2.24) is 4.98 Å². The van der Waals surface area contributed by atoms with E-state index in [1.54, 1.807) is 42.5 Å². The van der Waals surface area contributed by atoms with E-state index in [2.05, 4.69) is 39.9 Å². The minimum absolute atomic E-state index is 0.0740. The first-order valence-corrected chi connectivity index (χ1v) is 15.2. The van der Waals surface area contributed by atoms with Crippen LogP contribution in [0.3, 0.4) is 0 Å². The van der Waals surface area contributed by atoms with Gasteiger partial charge in [0, 0.05) is 32.5 Å². The van der Waals surface area contributed by atoms with Gasteiger partial charge >= 0.3 is 5.97 Å². The van der Waals surface area contributed by atoms with E-state index in [1.807, 2.05) is 42.6 Å². The minimum atomic E-state index is -1.09. The fraction of sp³-hybridized carbons (Fsp3) is 0.0588. The Morgan fingerprint density at radius 1 is 0.791 bits per heavy atom. The highest BCUT2D eigenvalue weighted by Gasteiger charge is 2.18. The van der Waals surface area contributed by atoms with Crippen LogP contribution >= 0.6 is 23.1 Å². The molecule has 0 aliphatic rings. The number of carbonyl (C=O) groups is 3. The van der Waals surface area contributed by atoms with E-state index < -0.39 is 17.1 Å². The maximum absolute atomic E-state index is 13.1. The molecule has 0 saturated heterocycles. The number of anilines is 2. The van der Waals surface area contributed by atoms with Crippen LogP contribution in [0.1, 0.15) is 27.6 Å². The third kappa shape index (κ3) is 6.13. The average Bonchev–Trinajstić information content (AvgIpc) is 3.49. The van der Waals surface area contributed by atoms with E-state index in [4.69, 9.17) is 0 Å². The van der Waals surface area contributed by atoms with Gasteiger partial charge in [-0.05, 0) is 65.5 Å². The molecule has 3 N–H and O–H groups in total. The molecule has 6 rings (SSSR count). The largest absolute Gasteiger partial charge is 0.478 e. The lowest BCUT2D eigenvalue weighted by molar-refractivity contribution is -0.115. The molecule has 1 unspecified atom stereocenters. The normalized spacial score (nSPS) is 11.7. The second-order valence-electron chi connectivity index (χ2n) is 9.84. The van der Waals surface area contributed by atoms with Gasteiger partial charge in [0.05, 0.1) is 16.5 Å². The first-order valence-electron chi connectivity index (χ1n) is 13.4. The van der Waals surface area contributed by atoms with E-state index in [-0.39, 0.29) is 17.0 Å². The Hall–Kier alpha value is -4.99. The van der Waals surface area contributed by atoms with E-state index in [0.717, 1.165) is 26.9 Å². The van der Waals surface area contributed by atoms with Crippen molar-refractivity contribution in [3.63, 3.8) is 0 Å². The van der Waals surface area contributed by atoms with Crippen molar-refractivity contribution in [3.8, 4) is 11.3 Å². The molecule has 0 saturated carbocycles. The summed E-state index contributed by atoms with van der Waals surface area (Å²) >= 11 is 2.78. The Labute approximate surface area is 255 Å². The molecule has 0 bridgehead atoms. The molecule has 1 aromatic heterocycles. The monoisotopic (exact) mass is 603 g/mol. The number of nitrogens with zero attached hydrogens (tertiary/aromatic N) is 1. The molecule has 0 fully saturated rings. The zero-order chi connectivity index (χ0) is 29.9. The summed E-state index contributed by atoms with van der Waals surface area (Å²) < 4.78 is 0. The fourth-order valence-corrected chi connectivity index (χ4v) is 6.39. The van der Waals surface area contributed by atoms with Crippen molar-refractivity contribution in [2.75, 3.05) is 10.6 Å². The Bertz CT molecular complexity index is 2000. The summed E-state index contributed by atoms with van der Waals surface area (Å²) in [4.78, 5) is 43.3. The summed E-state index contributed by atoms with van der Waals surface area (Å²) in [6.45, 7) is 1.83. The molecule has 0 aliphatic carbocycles. The van der Waals surface area contributed by atoms with Crippen molar-refractivity contribution in [3.05, 3.63) is 120 Å². The number of rotatable bonds is 8. The lowest BCUT2D eigenvalue weighted by Crippen LogP contribution is -2.22. The van der Waals surface area contributed by atoms with Gasteiger partial charge < -0.3 is 15.7 Å². The van der Waals surface area contributed by atoms with Gasteiger partial charge in [-0.3, -0.25) is 9.59 Å². The summed E-state index contributed by atoms with van der Waals surface area (Å²) in [5.74, 6) is -1.66. The number of nitrogens with one attached hydrogen (secondary N) is 2. The number of fused-ring (bicyclic) bond motifs is 2. The summed E-state index contributed by atoms with van der Waals surface area (Å²) in [7, 11) is 0. The van der Waals surface area contributed by atoms with Crippen LogP contribution in [0.2, 0.25) is 0 Å². The molecular formula is C34H25N3O4S2. The number of carboxylic acids is 1. The van der Waals surface area contributed by atoms with Gasteiger partial charge in [0.1, 0.15) is 0 Å². The van der Waals surface area contributed by atoms with E-state index in [0.29, 0.717) is 21.6 Å². The summed E-state index contributed by atoms with van der Waals surface area (Å²) in [5.41, 5.74) is 2.72. The third-order valence-corrected chi connectivity index (χ3v) is 8.82. The molecule has 0 aliphatic heterocycles. The van der Waals surface area contributed by atoms with E-state index in [1.165, 1.54) is 29.2 Å². The second kappa shape index (κ2) is 12.1. The number of aromatic carboxylic acids is 1. The number of carbonyl (C=O) groups excluding carboxylic acids is 2. The number of amides is 2. The highest BCUT2D eigenvalue weighted by Crippen LogP contribution is 2.30.